The Morgan fingerprint density at radius 1 is 1.09 bits per heavy atom. The third-order valence-corrected chi connectivity index (χ3v) is 6.87. The van der Waals surface area contributed by atoms with Crippen LogP contribution in [0.15, 0.2) is 42.9 Å². The van der Waals surface area contributed by atoms with Crippen LogP contribution in [-0.2, 0) is 10.0 Å². The van der Waals surface area contributed by atoms with E-state index in [9.17, 15) is 12.8 Å². The summed E-state index contributed by atoms with van der Waals surface area (Å²) >= 11 is 0. The number of nitrogen functional groups attached to an aromatic ring is 1. The van der Waals surface area contributed by atoms with Crippen LogP contribution in [0.1, 0.15) is 24.0 Å². The monoisotopic (exact) mass is 472 g/mol. The zero-order valence-corrected chi connectivity index (χ0v) is 19.1. The van der Waals surface area contributed by atoms with Gasteiger partial charge in [0.1, 0.15) is 23.3 Å². The summed E-state index contributed by atoms with van der Waals surface area (Å²) in [5.41, 5.74) is 7.67. The van der Waals surface area contributed by atoms with Crippen molar-refractivity contribution in [2.75, 3.05) is 48.4 Å². The molecule has 3 N–H and O–H groups in total. The average molecular weight is 473 g/mol. The summed E-state index contributed by atoms with van der Waals surface area (Å²) in [5, 5.41) is 3.18. The van der Waals surface area contributed by atoms with Gasteiger partial charge in [-0.25, -0.2) is 17.8 Å². The summed E-state index contributed by atoms with van der Waals surface area (Å²) in [4.78, 5) is 19.3. The molecule has 1 aliphatic heterocycles. The van der Waals surface area contributed by atoms with Crippen molar-refractivity contribution in [2.45, 2.75) is 12.8 Å². The third-order valence-electron chi connectivity index (χ3n) is 5.56. The van der Waals surface area contributed by atoms with Crippen LogP contribution in [0.25, 0.3) is 0 Å². The van der Waals surface area contributed by atoms with Crippen molar-refractivity contribution >= 4 is 33.4 Å². The first-order valence-electron chi connectivity index (χ1n) is 10.4. The number of nitrogens with two attached hydrogens (primary N) is 1. The van der Waals surface area contributed by atoms with Crippen molar-refractivity contribution < 1.29 is 12.8 Å². The molecule has 1 aliphatic rings. The predicted octanol–water partition coefficient (Wildman–Crippen LogP) is 1.96. The number of hydrogen-bond donors (Lipinski definition) is 2. The van der Waals surface area contributed by atoms with Gasteiger partial charge in [-0.15, -0.1) is 0 Å². The molecule has 33 heavy (non-hydrogen) atoms. The van der Waals surface area contributed by atoms with Gasteiger partial charge in [-0.3, -0.25) is 4.98 Å². The standard InChI is InChI=1S/C21H25FN8O2S/c1-14(15-3-5-16(22)6-4-15)18-19(26-17-13-24-7-8-25-17)27-21(23)28-20(18)29-9-11-30(12-10-29)33(2,31)32/h3-8,13-14H,9-12H2,1-2H3,(H3,23,25,26,27,28). The normalized spacial score (nSPS) is 15.9. The van der Waals surface area contributed by atoms with Gasteiger partial charge in [-0.05, 0) is 17.7 Å². The van der Waals surface area contributed by atoms with E-state index in [1.54, 1.807) is 30.7 Å². The van der Waals surface area contributed by atoms with Gasteiger partial charge < -0.3 is 16.0 Å². The lowest BCUT2D eigenvalue weighted by molar-refractivity contribution is 0.386. The second kappa shape index (κ2) is 9.24. The van der Waals surface area contributed by atoms with E-state index in [1.807, 2.05) is 11.8 Å². The Morgan fingerprint density at radius 2 is 1.79 bits per heavy atom. The van der Waals surface area contributed by atoms with E-state index in [4.69, 9.17) is 5.73 Å². The maximum absolute atomic E-state index is 13.5. The molecule has 0 radical (unpaired) electrons. The molecule has 0 saturated carbocycles. The molecule has 0 amide bonds. The summed E-state index contributed by atoms with van der Waals surface area (Å²) in [5.74, 6) is 1.05. The minimum Gasteiger partial charge on any atom is -0.368 e. The fourth-order valence-electron chi connectivity index (χ4n) is 3.84. The van der Waals surface area contributed by atoms with Crippen molar-refractivity contribution in [1.29, 1.82) is 0 Å². The molecular weight excluding hydrogens is 447 g/mol. The number of anilines is 4. The SMILES string of the molecule is CC(c1ccc(F)cc1)c1c(Nc2cnccn2)nc(N)nc1N1CCN(S(C)(=O)=O)CC1. The number of aromatic nitrogens is 4. The quantitative estimate of drug-likeness (QED) is 0.553. The molecule has 0 aliphatic carbocycles. The van der Waals surface area contributed by atoms with Gasteiger partial charge in [0.2, 0.25) is 16.0 Å². The maximum Gasteiger partial charge on any atom is 0.223 e. The first-order valence-corrected chi connectivity index (χ1v) is 12.2. The van der Waals surface area contributed by atoms with Gasteiger partial charge in [0.15, 0.2) is 0 Å². The van der Waals surface area contributed by atoms with Crippen LogP contribution >= 0.6 is 0 Å². The Hall–Kier alpha value is -3.38. The number of nitrogens with one attached hydrogen (secondary N) is 1. The molecule has 1 unspecified atom stereocenters. The Kier molecular flexibility index (Phi) is 6.38. The Balaban J connectivity index is 1.77. The van der Waals surface area contributed by atoms with Gasteiger partial charge in [0.05, 0.1) is 12.5 Å². The van der Waals surface area contributed by atoms with Crippen LogP contribution in [0, 0.1) is 5.82 Å². The third kappa shape index (κ3) is 5.17. The van der Waals surface area contributed by atoms with E-state index in [1.165, 1.54) is 22.7 Å². The van der Waals surface area contributed by atoms with Crippen LogP contribution in [0.4, 0.5) is 27.8 Å². The Labute approximate surface area is 191 Å². The lowest BCUT2D eigenvalue weighted by atomic mass is 9.93. The molecule has 1 saturated heterocycles. The zero-order valence-electron chi connectivity index (χ0n) is 18.3. The summed E-state index contributed by atoms with van der Waals surface area (Å²) < 4.78 is 38.9. The van der Waals surface area contributed by atoms with E-state index in [0.29, 0.717) is 43.6 Å². The molecule has 10 nitrogen and oxygen atoms in total. The number of sulfonamides is 1. The first kappa shape index (κ1) is 22.8. The van der Waals surface area contributed by atoms with E-state index in [2.05, 4.69) is 25.3 Å². The molecule has 3 heterocycles. The highest BCUT2D eigenvalue weighted by molar-refractivity contribution is 7.88. The first-order chi connectivity index (χ1) is 15.7. The average Bonchev–Trinajstić information content (AvgIpc) is 2.79. The van der Waals surface area contributed by atoms with Gasteiger partial charge in [-0.1, -0.05) is 19.1 Å². The minimum absolute atomic E-state index is 0.0667. The van der Waals surface area contributed by atoms with Crippen molar-refractivity contribution in [3.8, 4) is 0 Å². The highest BCUT2D eigenvalue weighted by atomic mass is 32.2. The van der Waals surface area contributed by atoms with Gasteiger partial charge >= 0.3 is 0 Å². The summed E-state index contributed by atoms with van der Waals surface area (Å²) in [6.45, 7) is 3.52. The fourth-order valence-corrected chi connectivity index (χ4v) is 4.67. The maximum atomic E-state index is 13.5. The molecule has 0 bridgehead atoms. The lowest BCUT2D eigenvalue weighted by Crippen LogP contribution is -2.49. The highest BCUT2D eigenvalue weighted by Crippen LogP contribution is 2.37. The number of halogens is 1. The van der Waals surface area contributed by atoms with Gasteiger partial charge in [0.25, 0.3) is 0 Å². The van der Waals surface area contributed by atoms with Crippen molar-refractivity contribution in [2.24, 2.45) is 0 Å². The molecule has 4 rings (SSSR count). The molecule has 0 spiro atoms. The molecule has 3 aromatic rings. The summed E-state index contributed by atoms with van der Waals surface area (Å²) in [6, 6.07) is 6.25. The van der Waals surface area contributed by atoms with Crippen LogP contribution in [0.2, 0.25) is 0 Å². The molecular formula is C21H25FN8O2S. The number of rotatable bonds is 6. The van der Waals surface area contributed by atoms with E-state index in [-0.39, 0.29) is 17.7 Å². The highest BCUT2D eigenvalue weighted by Gasteiger charge is 2.29. The van der Waals surface area contributed by atoms with Crippen LogP contribution in [0.5, 0.6) is 0 Å². The second-order valence-corrected chi connectivity index (χ2v) is 9.79. The summed E-state index contributed by atoms with van der Waals surface area (Å²) in [7, 11) is -3.28. The lowest BCUT2D eigenvalue weighted by Gasteiger charge is -2.36. The Morgan fingerprint density at radius 3 is 2.39 bits per heavy atom. The van der Waals surface area contributed by atoms with Crippen molar-refractivity contribution in [3.05, 3.63) is 59.8 Å². The van der Waals surface area contributed by atoms with Crippen molar-refractivity contribution in [1.82, 2.24) is 24.2 Å². The molecule has 1 aromatic carbocycles. The van der Waals surface area contributed by atoms with Gasteiger partial charge in [0, 0.05) is 50.1 Å². The number of benzene rings is 1. The van der Waals surface area contributed by atoms with Crippen LogP contribution in [0.3, 0.4) is 0 Å². The largest absolute Gasteiger partial charge is 0.368 e. The number of hydrogen-bond acceptors (Lipinski definition) is 9. The molecule has 12 heteroatoms. The zero-order chi connectivity index (χ0) is 23.6. The minimum atomic E-state index is -3.28. The molecule has 1 atom stereocenters. The van der Waals surface area contributed by atoms with E-state index < -0.39 is 10.0 Å². The van der Waals surface area contributed by atoms with Gasteiger partial charge in [-0.2, -0.15) is 14.3 Å². The topological polar surface area (TPSA) is 130 Å². The van der Waals surface area contributed by atoms with Crippen LogP contribution < -0.4 is 16.0 Å². The number of piperazine rings is 1. The van der Waals surface area contributed by atoms with E-state index >= 15 is 0 Å². The second-order valence-electron chi connectivity index (χ2n) is 7.81. The predicted molar refractivity (Wildman–Crippen MR) is 124 cm³/mol. The summed E-state index contributed by atoms with van der Waals surface area (Å²) in [6.07, 6.45) is 5.89. The Bertz CT molecular complexity index is 1220. The number of nitrogens with zero attached hydrogens (tertiary/aromatic N) is 6. The smallest absolute Gasteiger partial charge is 0.223 e. The fraction of sp³-hybridized carbons (Fsp3) is 0.333. The van der Waals surface area contributed by atoms with Crippen LogP contribution in [-0.4, -0.2) is 65.1 Å². The van der Waals surface area contributed by atoms with Crippen molar-refractivity contribution in [3.63, 3.8) is 0 Å². The van der Waals surface area contributed by atoms with E-state index in [0.717, 1.165) is 11.1 Å². The molecule has 1 fully saturated rings. The molecule has 174 valence electrons. The molecule has 2 aromatic heterocycles.